The molecule has 2 aromatic carbocycles. The van der Waals surface area contributed by atoms with E-state index >= 15 is 0 Å². The normalized spacial score (nSPS) is 14.7. The summed E-state index contributed by atoms with van der Waals surface area (Å²) in [5.74, 6) is 0.407. The maximum atomic E-state index is 12.2. The molecule has 3 aromatic rings. The number of carbonyl (C=O) groups excluding carboxylic acids is 1. The summed E-state index contributed by atoms with van der Waals surface area (Å²) < 4.78 is 5.42. The second-order valence-electron chi connectivity index (χ2n) is 8.37. The van der Waals surface area contributed by atoms with E-state index in [-0.39, 0.29) is 11.8 Å². The van der Waals surface area contributed by atoms with Gasteiger partial charge in [-0.15, -0.1) is 0 Å². The minimum Gasteiger partial charge on any atom is -0.378 e. The highest BCUT2D eigenvalue weighted by molar-refractivity contribution is 5.95. The molecule has 1 fully saturated rings. The largest absolute Gasteiger partial charge is 0.378 e. The predicted molar refractivity (Wildman–Crippen MR) is 132 cm³/mol. The van der Waals surface area contributed by atoms with Crippen molar-refractivity contribution in [2.45, 2.75) is 19.9 Å². The highest BCUT2D eigenvalue weighted by atomic mass is 16.5. The Balaban J connectivity index is 1.41. The number of amides is 1. The number of hydrogen-bond acceptors (Lipinski definition) is 7. The van der Waals surface area contributed by atoms with Gasteiger partial charge in [0.05, 0.1) is 24.9 Å². The van der Waals surface area contributed by atoms with E-state index in [9.17, 15) is 4.79 Å². The van der Waals surface area contributed by atoms with Crippen LogP contribution in [0.1, 0.15) is 13.8 Å². The first kappa shape index (κ1) is 22.7. The summed E-state index contributed by atoms with van der Waals surface area (Å²) in [7, 11) is 0. The van der Waals surface area contributed by atoms with Gasteiger partial charge in [-0.2, -0.15) is 0 Å². The van der Waals surface area contributed by atoms with Crippen molar-refractivity contribution in [3.63, 3.8) is 0 Å². The minimum absolute atomic E-state index is 0.0757. The molecule has 8 heteroatoms. The maximum absolute atomic E-state index is 12.2. The molecule has 1 aromatic heterocycles. The number of ether oxygens (including phenoxy) is 1. The van der Waals surface area contributed by atoms with Crippen molar-refractivity contribution in [1.29, 1.82) is 0 Å². The summed E-state index contributed by atoms with van der Waals surface area (Å²) in [6, 6.07) is 17.1. The quantitative estimate of drug-likeness (QED) is 0.509. The number of aromatic nitrogens is 2. The Bertz CT molecular complexity index is 1060. The second kappa shape index (κ2) is 10.4. The van der Waals surface area contributed by atoms with Crippen LogP contribution in [0.15, 0.2) is 60.8 Å². The van der Waals surface area contributed by atoms with Gasteiger partial charge in [0.1, 0.15) is 0 Å². The first-order valence-electron chi connectivity index (χ1n) is 11.2. The van der Waals surface area contributed by atoms with Crippen LogP contribution < -0.4 is 21.3 Å². The van der Waals surface area contributed by atoms with Gasteiger partial charge in [-0.1, -0.05) is 26.0 Å². The fourth-order valence-corrected chi connectivity index (χ4v) is 3.54. The van der Waals surface area contributed by atoms with E-state index in [0.717, 1.165) is 43.2 Å². The molecule has 0 unspecified atom stereocenters. The molecule has 2 heterocycles. The predicted octanol–water partition coefficient (Wildman–Crippen LogP) is 3.65. The van der Waals surface area contributed by atoms with E-state index in [0.29, 0.717) is 11.6 Å². The molecule has 172 valence electrons. The molecule has 4 N–H and O–H groups in total. The van der Waals surface area contributed by atoms with Gasteiger partial charge < -0.3 is 26.0 Å². The molecular weight excluding hydrogens is 416 g/mol. The summed E-state index contributed by atoms with van der Waals surface area (Å²) in [4.78, 5) is 23.5. The molecule has 1 saturated heterocycles. The lowest BCUT2D eigenvalue weighted by molar-refractivity contribution is -0.118. The van der Waals surface area contributed by atoms with E-state index in [2.05, 4.69) is 37.6 Å². The third-order valence-corrected chi connectivity index (χ3v) is 5.62. The van der Waals surface area contributed by atoms with Crippen LogP contribution in [0.4, 0.5) is 23.0 Å². The molecule has 0 aliphatic carbocycles. The lowest BCUT2D eigenvalue weighted by atomic mass is 10.0. The number of anilines is 4. The van der Waals surface area contributed by atoms with Gasteiger partial charge in [0.15, 0.2) is 0 Å². The highest BCUT2D eigenvalue weighted by Gasteiger charge is 2.17. The Labute approximate surface area is 194 Å². The molecule has 1 amide bonds. The zero-order chi connectivity index (χ0) is 23.2. The molecule has 0 saturated carbocycles. The Morgan fingerprint density at radius 2 is 1.67 bits per heavy atom. The second-order valence-corrected chi connectivity index (χ2v) is 8.37. The van der Waals surface area contributed by atoms with Crippen LogP contribution in [0.2, 0.25) is 0 Å². The van der Waals surface area contributed by atoms with Crippen molar-refractivity contribution in [3.05, 3.63) is 60.8 Å². The van der Waals surface area contributed by atoms with Crippen molar-refractivity contribution in [3.8, 4) is 11.3 Å². The first-order valence-corrected chi connectivity index (χ1v) is 11.2. The van der Waals surface area contributed by atoms with Crippen molar-refractivity contribution in [1.82, 2.24) is 9.97 Å². The highest BCUT2D eigenvalue weighted by Crippen LogP contribution is 2.23. The van der Waals surface area contributed by atoms with Crippen LogP contribution in [0, 0.1) is 5.92 Å². The van der Waals surface area contributed by atoms with Crippen molar-refractivity contribution in [2.24, 2.45) is 11.7 Å². The third-order valence-electron chi connectivity index (χ3n) is 5.62. The molecule has 33 heavy (non-hydrogen) atoms. The molecule has 1 aliphatic rings. The molecule has 1 atom stereocenters. The molecule has 0 radical (unpaired) electrons. The van der Waals surface area contributed by atoms with Crippen molar-refractivity contribution in [2.75, 3.05) is 41.8 Å². The molecule has 0 bridgehead atoms. The topological polar surface area (TPSA) is 105 Å². The average Bonchev–Trinajstić information content (AvgIpc) is 2.85. The summed E-state index contributed by atoms with van der Waals surface area (Å²) in [5, 5.41) is 6.12. The van der Waals surface area contributed by atoms with Gasteiger partial charge in [0.2, 0.25) is 11.9 Å². The Kier molecular flexibility index (Phi) is 7.16. The SMILES string of the molecule is CC(C)[C@@H](N)C(=O)Nc1ccc(-c2ccnc(Nc3ccc(N4CCOCC4)cc3)n2)cc1. The molecule has 1 aliphatic heterocycles. The monoisotopic (exact) mass is 446 g/mol. The number of rotatable bonds is 7. The number of carbonyl (C=O) groups is 1. The van der Waals surface area contributed by atoms with E-state index < -0.39 is 6.04 Å². The standard InChI is InChI=1S/C25H30N6O2/c1-17(2)23(26)24(32)28-19-5-3-18(4-6-19)22-11-12-27-25(30-22)29-20-7-9-21(10-8-20)31-13-15-33-16-14-31/h3-12,17,23H,13-16,26H2,1-2H3,(H,28,32)(H,27,29,30)/t23-/m1/s1. The van der Waals surface area contributed by atoms with Gasteiger partial charge in [-0.25, -0.2) is 9.97 Å². The fourth-order valence-electron chi connectivity index (χ4n) is 3.54. The zero-order valence-corrected chi connectivity index (χ0v) is 19.0. The first-order chi connectivity index (χ1) is 16.0. The number of nitrogens with two attached hydrogens (primary N) is 1. The van der Waals surface area contributed by atoms with Crippen LogP contribution in [-0.4, -0.2) is 48.2 Å². The van der Waals surface area contributed by atoms with Crippen LogP contribution in [0.3, 0.4) is 0 Å². The Morgan fingerprint density at radius 1 is 1.00 bits per heavy atom. The lowest BCUT2D eigenvalue weighted by Crippen LogP contribution is -2.39. The number of nitrogens with zero attached hydrogens (tertiary/aromatic N) is 3. The Morgan fingerprint density at radius 3 is 2.33 bits per heavy atom. The van der Waals surface area contributed by atoms with E-state index in [4.69, 9.17) is 10.5 Å². The number of nitrogens with one attached hydrogen (secondary N) is 2. The Hall–Kier alpha value is -3.49. The van der Waals surface area contributed by atoms with Crippen LogP contribution in [-0.2, 0) is 9.53 Å². The molecule has 0 spiro atoms. The van der Waals surface area contributed by atoms with Gasteiger partial charge in [-0.3, -0.25) is 4.79 Å². The van der Waals surface area contributed by atoms with Crippen LogP contribution in [0.25, 0.3) is 11.3 Å². The fraction of sp³-hybridized carbons (Fsp3) is 0.320. The smallest absolute Gasteiger partial charge is 0.241 e. The van der Waals surface area contributed by atoms with E-state index in [1.165, 1.54) is 5.69 Å². The van der Waals surface area contributed by atoms with E-state index in [1.807, 2.05) is 56.3 Å². The number of benzene rings is 2. The summed E-state index contributed by atoms with van der Waals surface area (Å²) in [6.07, 6.45) is 1.73. The average molecular weight is 447 g/mol. The summed E-state index contributed by atoms with van der Waals surface area (Å²) in [6.45, 7) is 7.19. The van der Waals surface area contributed by atoms with Gasteiger partial charge in [0.25, 0.3) is 0 Å². The maximum Gasteiger partial charge on any atom is 0.241 e. The summed E-state index contributed by atoms with van der Waals surface area (Å²) in [5.41, 5.74) is 10.4. The zero-order valence-electron chi connectivity index (χ0n) is 19.0. The van der Waals surface area contributed by atoms with Crippen LogP contribution >= 0.6 is 0 Å². The summed E-state index contributed by atoms with van der Waals surface area (Å²) >= 11 is 0. The third kappa shape index (κ3) is 5.85. The molecule has 4 rings (SSSR count). The number of hydrogen-bond donors (Lipinski definition) is 3. The van der Waals surface area contributed by atoms with E-state index in [1.54, 1.807) is 6.20 Å². The number of morpholine rings is 1. The van der Waals surface area contributed by atoms with Crippen LogP contribution in [0.5, 0.6) is 0 Å². The van der Waals surface area contributed by atoms with Gasteiger partial charge in [0, 0.05) is 41.9 Å². The van der Waals surface area contributed by atoms with Crippen molar-refractivity contribution >= 4 is 28.9 Å². The molecular formula is C25H30N6O2. The van der Waals surface area contributed by atoms with Crippen molar-refractivity contribution < 1.29 is 9.53 Å². The molecule has 8 nitrogen and oxygen atoms in total. The van der Waals surface area contributed by atoms with Gasteiger partial charge >= 0.3 is 0 Å². The van der Waals surface area contributed by atoms with Gasteiger partial charge in [-0.05, 0) is 48.4 Å². The lowest BCUT2D eigenvalue weighted by Gasteiger charge is -2.28. The minimum atomic E-state index is -0.539.